The lowest BCUT2D eigenvalue weighted by molar-refractivity contribution is -0.384. The zero-order valence-electron chi connectivity index (χ0n) is 13.0. The van der Waals surface area contributed by atoms with Crippen molar-refractivity contribution in [3.63, 3.8) is 0 Å². The molecular formula is C17H10N2O7. The summed E-state index contributed by atoms with van der Waals surface area (Å²) in [6.07, 6.45) is 0. The molecule has 26 heavy (non-hydrogen) atoms. The topological polar surface area (TPSA) is 140 Å². The van der Waals surface area contributed by atoms with Crippen molar-refractivity contribution in [2.45, 2.75) is 0 Å². The Bertz CT molecular complexity index is 1120. The summed E-state index contributed by atoms with van der Waals surface area (Å²) < 4.78 is 5.21. The third-order valence-corrected chi connectivity index (χ3v) is 3.53. The van der Waals surface area contributed by atoms with E-state index in [-0.39, 0.29) is 27.9 Å². The molecule has 0 aliphatic heterocycles. The minimum absolute atomic E-state index is 0.0212. The Balaban J connectivity index is 2.04. The lowest BCUT2D eigenvalue weighted by atomic mass is 10.1. The Labute approximate surface area is 144 Å². The maximum absolute atomic E-state index is 12.4. The van der Waals surface area contributed by atoms with E-state index in [9.17, 15) is 24.5 Å². The molecule has 3 rings (SSSR count). The van der Waals surface area contributed by atoms with Gasteiger partial charge in [0.2, 0.25) is 5.76 Å². The smallest absolute Gasteiger partial charge is 0.371 e. The quantitative estimate of drug-likeness (QED) is 0.542. The third-order valence-electron chi connectivity index (χ3n) is 3.53. The van der Waals surface area contributed by atoms with E-state index in [0.29, 0.717) is 0 Å². The van der Waals surface area contributed by atoms with Gasteiger partial charge in [-0.25, -0.2) is 4.79 Å². The Kier molecular flexibility index (Phi) is 4.19. The Morgan fingerprint density at radius 3 is 2.54 bits per heavy atom. The van der Waals surface area contributed by atoms with E-state index >= 15 is 0 Å². The van der Waals surface area contributed by atoms with E-state index in [4.69, 9.17) is 9.52 Å². The number of amides is 1. The summed E-state index contributed by atoms with van der Waals surface area (Å²) in [4.78, 5) is 45.6. The number of hydrogen-bond acceptors (Lipinski definition) is 6. The number of nitro benzene ring substituents is 1. The zero-order chi connectivity index (χ0) is 18.8. The molecule has 2 N–H and O–H groups in total. The Morgan fingerprint density at radius 2 is 1.85 bits per heavy atom. The maximum Gasteiger partial charge on any atom is 0.371 e. The molecule has 2 aromatic carbocycles. The first kappa shape index (κ1) is 16.8. The number of nitrogens with one attached hydrogen (secondary N) is 1. The highest BCUT2D eigenvalue weighted by Gasteiger charge is 2.16. The average molecular weight is 354 g/mol. The number of nitrogens with zero attached hydrogens (tertiary/aromatic N) is 1. The van der Waals surface area contributed by atoms with Crippen LogP contribution in [0.15, 0.2) is 57.7 Å². The molecule has 0 atom stereocenters. The number of non-ortho nitro benzene ring substituents is 1. The predicted molar refractivity (Wildman–Crippen MR) is 90.5 cm³/mol. The minimum atomic E-state index is -1.43. The molecule has 0 fully saturated rings. The van der Waals surface area contributed by atoms with Gasteiger partial charge in [0.25, 0.3) is 11.6 Å². The fourth-order valence-electron chi connectivity index (χ4n) is 2.34. The van der Waals surface area contributed by atoms with Crippen LogP contribution in [0.25, 0.3) is 11.0 Å². The predicted octanol–water partition coefficient (Wildman–Crippen LogP) is 2.65. The second-order valence-corrected chi connectivity index (χ2v) is 5.22. The summed E-state index contributed by atoms with van der Waals surface area (Å²) in [7, 11) is 0. The SMILES string of the molecule is O=C(Nc1cccc2c(=O)cc(C(=O)O)oc12)c1cccc([N+](=O)[O-])c1. The van der Waals surface area contributed by atoms with Crippen LogP contribution in [0.5, 0.6) is 0 Å². The molecule has 9 nitrogen and oxygen atoms in total. The first-order valence-corrected chi connectivity index (χ1v) is 7.23. The number of carbonyl (C=O) groups is 2. The first-order valence-electron chi connectivity index (χ1n) is 7.23. The number of nitro groups is 1. The molecule has 0 aliphatic rings. The van der Waals surface area contributed by atoms with Crippen LogP contribution in [0, 0.1) is 10.1 Å². The van der Waals surface area contributed by atoms with Crippen LogP contribution in [0.3, 0.4) is 0 Å². The van der Waals surface area contributed by atoms with Crippen LogP contribution >= 0.6 is 0 Å². The zero-order valence-corrected chi connectivity index (χ0v) is 13.0. The molecule has 0 aliphatic carbocycles. The van der Waals surface area contributed by atoms with Crippen molar-refractivity contribution in [3.8, 4) is 0 Å². The summed E-state index contributed by atoms with van der Waals surface area (Å²) in [5, 5.41) is 22.4. The molecule has 0 saturated heterocycles. The van der Waals surface area contributed by atoms with Gasteiger partial charge in [-0.3, -0.25) is 19.7 Å². The largest absolute Gasteiger partial charge is 0.475 e. The van der Waals surface area contributed by atoms with Gasteiger partial charge in [-0.15, -0.1) is 0 Å². The van der Waals surface area contributed by atoms with E-state index < -0.39 is 28.0 Å². The number of fused-ring (bicyclic) bond motifs is 1. The summed E-state index contributed by atoms with van der Waals surface area (Å²) >= 11 is 0. The summed E-state index contributed by atoms with van der Waals surface area (Å²) in [6, 6.07) is 10.3. The monoisotopic (exact) mass is 354 g/mol. The highest BCUT2D eigenvalue weighted by molar-refractivity contribution is 6.08. The Hall–Kier alpha value is -4.01. The van der Waals surface area contributed by atoms with Gasteiger partial charge < -0.3 is 14.8 Å². The lowest BCUT2D eigenvalue weighted by Gasteiger charge is -2.08. The van der Waals surface area contributed by atoms with Gasteiger partial charge in [0.1, 0.15) is 0 Å². The lowest BCUT2D eigenvalue weighted by Crippen LogP contribution is -2.14. The fraction of sp³-hybridized carbons (Fsp3) is 0. The molecule has 0 saturated carbocycles. The number of benzene rings is 2. The highest BCUT2D eigenvalue weighted by atomic mass is 16.6. The van der Waals surface area contributed by atoms with Crippen LogP contribution in [-0.2, 0) is 0 Å². The number of rotatable bonds is 4. The average Bonchev–Trinajstić information content (AvgIpc) is 2.62. The maximum atomic E-state index is 12.4. The van der Waals surface area contributed by atoms with Gasteiger partial charge >= 0.3 is 5.97 Å². The molecule has 0 spiro atoms. The van der Waals surface area contributed by atoms with Gasteiger partial charge in [-0.2, -0.15) is 0 Å². The first-order chi connectivity index (χ1) is 12.4. The number of anilines is 1. The van der Waals surface area contributed by atoms with Crippen LogP contribution in [-0.4, -0.2) is 21.9 Å². The normalized spacial score (nSPS) is 10.5. The van der Waals surface area contributed by atoms with Crippen LogP contribution in [0.1, 0.15) is 20.9 Å². The van der Waals surface area contributed by atoms with E-state index in [0.717, 1.165) is 12.1 Å². The number of para-hydroxylation sites is 1. The standard InChI is InChI=1S/C17H10N2O7/c20-13-8-14(17(22)23)26-15-11(13)5-2-6-12(15)18-16(21)9-3-1-4-10(7-9)19(24)25/h1-8H,(H,18,21)(H,22,23). The molecule has 0 radical (unpaired) electrons. The molecule has 130 valence electrons. The molecule has 1 heterocycles. The third kappa shape index (κ3) is 3.13. The van der Waals surface area contributed by atoms with E-state index in [1.54, 1.807) is 0 Å². The van der Waals surface area contributed by atoms with Crippen LogP contribution < -0.4 is 10.7 Å². The molecule has 0 bridgehead atoms. The second kappa shape index (κ2) is 6.48. The van der Waals surface area contributed by atoms with Gasteiger partial charge in [0.05, 0.1) is 16.0 Å². The molecule has 9 heteroatoms. The van der Waals surface area contributed by atoms with Crippen molar-refractivity contribution in [1.82, 2.24) is 0 Å². The van der Waals surface area contributed by atoms with Crippen LogP contribution in [0.4, 0.5) is 11.4 Å². The van der Waals surface area contributed by atoms with Gasteiger partial charge in [-0.1, -0.05) is 12.1 Å². The molecule has 3 aromatic rings. The summed E-state index contributed by atoms with van der Waals surface area (Å²) in [5.41, 5.74) is -0.839. The molecule has 1 amide bonds. The van der Waals surface area contributed by atoms with Crippen molar-refractivity contribution >= 4 is 34.2 Å². The Morgan fingerprint density at radius 1 is 1.12 bits per heavy atom. The summed E-state index contributed by atoms with van der Waals surface area (Å²) in [6.45, 7) is 0. The fourth-order valence-corrected chi connectivity index (χ4v) is 2.34. The van der Waals surface area contributed by atoms with Gasteiger partial charge in [-0.05, 0) is 18.2 Å². The van der Waals surface area contributed by atoms with Gasteiger partial charge in [0.15, 0.2) is 11.0 Å². The van der Waals surface area contributed by atoms with Crippen molar-refractivity contribution in [3.05, 3.63) is 80.2 Å². The second-order valence-electron chi connectivity index (χ2n) is 5.22. The van der Waals surface area contributed by atoms with Crippen LogP contribution in [0.2, 0.25) is 0 Å². The van der Waals surface area contributed by atoms with E-state index in [2.05, 4.69) is 5.32 Å². The van der Waals surface area contributed by atoms with Crippen molar-refractivity contribution in [1.29, 1.82) is 0 Å². The molecular weight excluding hydrogens is 344 g/mol. The van der Waals surface area contributed by atoms with Crippen molar-refractivity contribution < 1.29 is 24.0 Å². The highest BCUT2D eigenvalue weighted by Crippen LogP contribution is 2.23. The number of carboxylic acids is 1. The number of aromatic carboxylic acids is 1. The number of hydrogen-bond donors (Lipinski definition) is 2. The number of carbonyl (C=O) groups excluding carboxylic acids is 1. The van der Waals surface area contributed by atoms with Gasteiger partial charge in [0, 0.05) is 23.8 Å². The summed E-state index contributed by atoms with van der Waals surface area (Å²) in [5.74, 6) is -2.67. The van der Waals surface area contributed by atoms with E-state index in [1.807, 2.05) is 0 Å². The minimum Gasteiger partial charge on any atom is -0.475 e. The number of carboxylic acid groups (broad SMARTS) is 1. The molecule has 0 unspecified atom stereocenters. The van der Waals surface area contributed by atoms with E-state index in [1.165, 1.54) is 36.4 Å². The van der Waals surface area contributed by atoms with Crippen molar-refractivity contribution in [2.24, 2.45) is 0 Å². The molecule has 1 aromatic heterocycles. The van der Waals surface area contributed by atoms with Crippen molar-refractivity contribution in [2.75, 3.05) is 5.32 Å².